The van der Waals surface area contributed by atoms with Gasteiger partial charge in [-0.25, -0.2) is 0 Å². The number of carbonyl (C=O) groups excluding carboxylic acids is 1. The van der Waals surface area contributed by atoms with Crippen molar-refractivity contribution < 1.29 is 9.18 Å². The van der Waals surface area contributed by atoms with Gasteiger partial charge in [0.15, 0.2) is 0 Å². The molecular weight excluding hydrogens is 154 g/mol. The fourth-order valence-electron chi connectivity index (χ4n) is 0.932. The Hall–Kier alpha value is -0.400. The standard InChI is InChI=1S/C10H19FO/c1-10(2,3)9(12)7-5-4-6-8-11/h4-8H2,1-3H3/i11-1. The predicted octanol–water partition coefficient (Wildman–Crippen LogP) is 3.13. The third kappa shape index (κ3) is 5.28. The van der Waals surface area contributed by atoms with Crippen molar-refractivity contribution in [2.75, 3.05) is 6.67 Å². The van der Waals surface area contributed by atoms with Crippen LogP contribution in [0, 0.1) is 5.41 Å². The third-order valence-corrected chi connectivity index (χ3v) is 1.87. The average molecular weight is 173 g/mol. The zero-order valence-corrected chi connectivity index (χ0v) is 8.32. The van der Waals surface area contributed by atoms with E-state index in [2.05, 4.69) is 0 Å². The van der Waals surface area contributed by atoms with Gasteiger partial charge in [-0.05, 0) is 12.8 Å². The summed E-state index contributed by atoms with van der Waals surface area (Å²) in [6.45, 7) is 5.50. The summed E-state index contributed by atoms with van der Waals surface area (Å²) in [5.74, 6) is 0.279. The molecule has 0 amide bonds. The number of hydrogen-bond acceptors (Lipinski definition) is 1. The molecule has 0 unspecified atom stereocenters. The maximum Gasteiger partial charge on any atom is 0.138 e. The number of ketones is 1. The largest absolute Gasteiger partial charge is 0.299 e. The van der Waals surface area contributed by atoms with Crippen molar-refractivity contribution in [3.8, 4) is 0 Å². The molecule has 0 spiro atoms. The molecule has 0 aromatic heterocycles. The summed E-state index contributed by atoms with van der Waals surface area (Å²) in [6, 6.07) is 0. The topological polar surface area (TPSA) is 17.1 Å². The quantitative estimate of drug-likeness (QED) is 0.584. The Morgan fingerprint density at radius 3 is 2.17 bits per heavy atom. The van der Waals surface area contributed by atoms with E-state index in [1.54, 1.807) is 0 Å². The molecule has 0 radical (unpaired) electrons. The van der Waals surface area contributed by atoms with Crippen LogP contribution < -0.4 is 0 Å². The number of rotatable bonds is 5. The van der Waals surface area contributed by atoms with Crippen LogP contribution in [0.15, 0.2) is 0 Å². The molecule has 0 bridgehead atoms. The Bertz CT molecular complexity index is 135. The van der Waals surface area contributed by atoms with E-state index in [9.17, 15) is 9.18 Å². The molecular formula is C10H19FO. The first kappa shape index (κ1) is 11.6. The van der Waals surface area contributed by atoms with Gasteiger partial charge in [-0.3, -0.25) is 9.18 Å². The summed E-state index contributed by atoms with van der Waals surface area (Å²) in [6.07, 6.45) is 2.86. The Balaban J connectivity index is 3.45. The highest BCUT2D eigenvalue weighted by molar-refractivity contribution is 5.83. The molecule has 0 aliphatic carbocycles. The lowest BCUT2D eigenvalue weighted by Gasteiger charge is -2.15. The Morgan fingerprint density at radius 1 is 1.17 bits per heavy atom. The molecule has 0 fully saturated rings. The van der Waals surface area contributed by atoms with Crippen LogP contribution in [0.25, 0.3) is 0 Å². The summed E-state index contributed by atoms with van der Waals surface area (Å²) in [7, 11) is 0. The van der Waals surface area contributed by atoms with Crippen molar-refractivity contribution in [3.63, 3.8) is 0 Å². The molecule has 0 saturated carbocycles. The Morgan fingerprint density at radius 2 is 1.75 bits per heavy atom. The van der Waals surface area contributed by atoms with Crippen LogP contribution in [0.1, 0.15) is 46.5 Å². The van der Waals surface area contributed by atoms with Crippen LogP contribution in [0.2, 0.25) is 0 Å². The Labute approximate surface area is 74.4 Å². The second kappa shape index (κ2) is 5.28. The molecule has 0 aliphatic heterocycles. The summed E-state index contributed by atoms with van der Waals surface area (Å²) in [4.78, 5) is 11.3. The van der Waals surface area contributed by atoms with Gasteiger partial charge in [0, 0.05) is 11.8 Å². The molecule has 0 atom stereocenters. The fraction of sp³-hybridized carbons (Fsp3) is 0.900. The first-order chi connectivity index (χ1) is 5.48. The van der Waals surface area contributed by atoms with Gasteiger partial charge in [0.1, 0.15) is 5.78 Å². The predicted molar refractivity (Wildman–Crippen MR) is 48.9 cm³/mol. The highest BCUT2D eigenvalue weighted by Crippen LogP contribution is 2.18. The van der Waals surface area contributed by atoms with Crippen LogP contribution in [0.3, 0.4) is 0 Å². The molecule has 2 heteroatoms. The lowest BCUT2D eigenvalue weighted by molar-refractivity contribution is -0.126. The first-order valence-corrected chi connectivity index (χ1v) is 4.57. The van der Waals surface area contributed by atoms with E-state index in [0.29, 0.717) is 12.8 Å². The molecule has 0 aromatic rings. The van der Waals surface area contributed by atoms with Crippen molar-refractivity contribution in [3.05, 3.63) is 0 Å². The summed E-state index contributed by atoms with van der Waals surface area (Å²) in [5.41, 5.74) is -0.226. The summed E-state index contributed by atoms with van der Waals surface area (Å²) < 4.78 is 11.7. The van der Waals surface area contributed by atoms with Crippen LogP contribution in [-0.4, -0.2) is 12.5 Å². The van der Waals surface area contributed by atoms with Crippen LogP contribution in [0.5, 0.6) is 0 Å². The van der Waals surface area contributed by atoms with Gasteiger partial charge in [0.25, 0.3) is 0 Å². The highest BCUT2D eigenvalue weighted by atomic mass is 18.2. The molecule has 0 N–H and O–H groups in total. The van der Waals surface area contributed by atoms with Crippen LogP contribution in [0.4, 0.5) is 4.39 Å². The molecule has 0 heterocycles. The third-order valence-electron chi connectivity index (χ3n) is 1.87. The number of unbranched alkanes of at least 4 members (excludes halogenated alkanes) is 2. The Kier molecular flexibility index (Phi) is 5.11. The number of Topliss-reactive ketones (excluding diaryl/α,β-unsaturated/α-hetero) is 1. The van der Waals surface area contributed by atoms with E-state index in [-0.39, 0.29) is 17.9 Å². The number of carbonyl (C=O) groups is 1. The minimum atomic E-state index is -0.260. The lowest BCUT2D eigenvalue weighted by atomic mass is 9.88. The number of alkyl halides is 1. The maximum atomic E-state index is 11.7. The van der Waals surface area contributed by atoms with Gasteiger partial charge in [-0.2, -0.15) is 0 Å². The van der Waals surface area contributed by atoms with Gasteiger partial charge in [-0.1, -0.05) is 27.2 Å². The van der Waals surface area contributed by atoms with Crippen LogP contribution in [-0.2, 0) is 4.79 Å². The average Bonchev–Trinajstić information content (AvgIpc) is 1.96. The van der Waals surface area contributed by atoms with E-state index in [1.807, 2.05) is 20.8 Å². The minimum Gasteiger partial charge on any atom is -0.299 e. The number of hydrogen-bond donors (Lipinski definition) is 0. The molecule has 1 nitrogen and oxygen atoms in total. The van der Waals surface area contributed by atoms with Crippen molar-refractivity contribution in [1.29, 1.82) is 0 Å². The van der Waals surface area contributed by atoms with Crippen molar-refractivity contribution >= 4 is 5.78 Å². The van der Waals surface area contributed by atoms with E-state index in [0.717, 1.165) is 12.8 Å². The molecule has 0 aliphatic rings. The second-order valence-electron chi connectivity index (χ2n) is 4.17. The monoisotopic (exact) mass is 173 g/mol. The van der Waals surface area contributed by atoms with Gasteiger partial charge >= 0.3 is 0 Å². The van der Waals surface area contributed by atoms with Gasteiger partial charge in [0.2, 0.25) is 0 Å². The van der Waals surface area contributed by atoms with E-state index < -0.39 is 0 Å². The van der Waals surface area contributed by atoms with Crippen LogP contribution >= 0.6 is 0 Å². The summed E-state index contributed by atoms with van der Waals surface area (Å²) in [5, 5.41) is 0. The first-order valence-electron chi connectivity index (χ1n) is 4.57. The fourth-order valence-corrected chi connectivity index (χ4v) is 0.932. The zero-order chi connectivity index (χ0) is 9.61. The normalized spacial score (nSPS) is 11.7. The summed E-state index contributed by atoms with van der Waals surface area (Å²) >= 11 is 0. The SMILES string of the molecule is CC(C)(C)C(=O)CCCCC[18F]. The lowest BCUT2D eigenvalue weighted by Crippen LogP contribution is -2.19. The van der Waals surface area contributed by atoms with Crippen molar-refractivity contribution in [1.82, 2.24) is 0 Å². The van der Waals surface area contributed by atoms with E-state index >= 15 is 0 Å². The van der Waals surface area contributed by atoms with Gasteiger partial charge in [0.05, 0.1) is 6.67 Å². The number of halogens is 1. The van der Waals surface area contributed by atoms with E-state index in [1.165, 1.54) is 0 Å². The van der Waals surface area contributed by atoms with Gasteiger partial charge in [-0.15, -0.1) is 0 Å². The molecule has 0 rings (SSSR count). The van der Waals surface area contributed by atoms with Gasteiger partial charge < -0.3 is 0 Å². The minimum absolute atomic E-state index is 0.226. The maximum absolute atomic E-state index is 11.7. The second-order valence-corrected chi connectivity index (χ2v) is 4.17. The van der Waals surface area contributed by atoms with Crippen molar-refractivity contribution in [2.24, 2.45) is 5.41 Å². The van der Waals surface area contributed by atoms with Crippen molar-refractivity contribution in [2.45, 2.75) is 46.5 Å². The highest BCUT2D eigenvalue weighted by Gasteiger charge is 2.19. The molecule has 12 heavy (non-hydrogen) atoms. The molecule has 72 valence electrons. The zero-order valence-electron chi connectivity index (χ0n) is 8.32. The van der Waals surface area contributed by atoms with E-state index in [4.69, 9.17) is 0 Å². The molecule has 0 aromatic carbocycles. The smallest absolute Gasteiger partial charge is 0.138 e. The molecule has 0 saturated heterocycles.